The van der Waals surface area contributed by atoms with E-state index in [1.54, 1.807) is 28.7 Å². The average molecular weight is 359 g/mol. The number of aromatic nitrogens is 4. The molecule has 1 N–H and O–H groups in total. The number of hydrogen-bond acceptors (Lipinski definition) is 6. The zero-order valence-electron chi connectivity index (χ0n) is 13.6. The number of hydrogen-bond donors (Lipinski definition) is 1. The highest BCUT2D eigenvalue weighted by Gasteiger charge is 2.19. The zero-order valence-corrected chi connectivity index (χ0v) is 15.2. The highest BCUT2D eigenvalue weighted by Crippen LogP contribution is 2.29. The van der Waals surface area contributed by atoms with E-state index in [4.69, 9.17) is 0 Å². The molecule has 0 radical (unpaired) electrons. The van der Waals surface area contributed by atoms with Crippen molar-refractivity contribution in [1.29, 1.82) is 0 Å². The van der Waals surface area contributed by atoms with E-state index in [0.717, 1.165) is 10.2 Å². The van der Waals surface area contributed by atoms with Gasteiger partial charge in [-0.1, -0.05) is 50.3 Å². The van der Waals surface area contributed by atoms with Crippen LogP contribution in [0.15, 0.2) is 47.2 Å². The Kier molecular flexibility index (Phi) is 4.68. The molecular weight excluding hydrogens is 342 g/mol. The maximum Gasteiger partial charge on any atom is 0.256 e. The van der Waals surface area contributed by atoms with E-state index < -0.39 is 0 Å². The minimum Gasteiger partial charge on any atom is -0.312 e. The number of carbonyl (C=O) groups is 1. The standard InChI is InChI=1S/C16H17N5OS2/c1-16(2,3)14-18-10-21(20-14)24-15-17-9-12(23-15)19-13(22)11-7-5-4-6-8-11/h4-10H,1-3H3,(H,19,22). The molecule has 0 fully saturated rings. The van der Waals surface area contributed by atoms with E-state index in [1.165, 1.54) is 23.3 Å². The van der Waals surface area contributed by atoms with Crippen molar-refractivity contribution < 1.29 is 4.79 Å². The van der Waals surface area contributed by atoms with Crippen molar-refractivity contribution in [2.75, 3.05) is 5.32 Å². The Labute approximate surface area is 148 Å². The fourth-order valence-corrected chi connectivity index (χ4v) is 3.51. The molecule has 8 heteroatoms. The fourth-order valence-electron chi connectivity index (χ4n) is 1.85. The lowest BCUT2D eigenvalue weighted by Gasteiger charge is -2.12. The Balaban J connectivity index is 1.65. The van der Waals surface area contributed by atoms with Gasteiger partial charge in [-0.05, 0) is 12.1 Å². The summed E-state index contributed by atoms with van der Waals surface area (Å²) in [4.78, 5) is 20.8. The van der Waals surface area contributed by atoms with Crippen LogP contribution < -0.4 is 5.32 Å². The van der Waals surface area contributed by atoms with Crippen LogP contribution in [-0.2, 0) is 5.41 Å². The van der Waals surface area contributed by atoms with Crippen molar-refractivity contribution in [2.45, 2.75) is 30.5 Å². The third kappa shape index (κ3) is 4.01. The van der Waals surface area contributed by atoms with Crippen LogP contribution >= 0.6 is 23.3 Å². The van der Waals surface area contributed by atoms with E-state index in [0.29, 0.717) is 10.6 Å². The zero-order chi connectivity index (χ0) is 17.2. The summed E-state index contributed by atoms with van der Waals surface area (Å²) >= 11 is 2.77. The van der Waals surface area contributed by atoms with Gasteiger partial charge in [0.15, 0.2) is 10.2 Å². The Hall–Kier alpha value is -2.19. The van der Waals surface area contributed by atoms with Crippen LogP contribution in [0.5, 0.6) is 0 Å². The van der Waals surface area contributed by atoms with Crippen LogP contribution in [-0.4, -0.2) is 25.1 Å². The van der Waals surface area contributed by atoms with Crippen molar-refractivity contribution in [3.05, 3.63) is 54.2 Å². The van der Waals surface area contributed by atoms with Gasteiger partial charge >= 0.3 is 0 Å². The highest BCUT2D eigenvalue weighted by atomic mass is 32.2. The molecule has 0 aliphatic carbocycles. The largest absolute Gasteiger partial charge is 0.312 e. The second-order valence-electron chi connectivity index (χ2n) is 6.12. The van der Waals surface area contributed by atoms with Gasteiger partial charge in [-0.15, -0.1) is 5.10 Å². The molecule has 1 aromatic carbocycles. The molecule has 0 spiro atoms. The lowest BCUT2D eigenvalue weighted by atomic mass is 9.96. The first-order valence-electron chi connectivity index (χ1n) is 7.34. The topological polar surface area (TPSA) is 72.7 Å². The maximum atomic E-state index is 12.1. The minimum absolute atomic E-state index is 0.0937. The molecule has 3 aromatic rings. The molecule has 0 aliphatic heterocycles. The molecule has 0 saturated carbocycles. The van der Waals surface area contributed by atoms with Gasteiger partial charge in [0, 0.05) is 22.9 Å². The second-order valence-corrected chi connectivity index (χ2v) is 8.36. The summed E-state index contributed by atoms with van der Waals surface area (Å²) in [6.07, 6.45) is 3.32. The van der Waals surface area contributed by atoms with Crippen LogP contribution in [0.1, 0.15) is 37.0 Å². The molecule has 24 heavy (non-hydrogen) atoms. The van der Waals surface area contributed by atoms with Crippen molar-refractivity contribution in [1.82, 2.24) is 19.2 Å². The molecule has 2 aromatic heterocycles. The maximum absolute atomic E-state index is 12.1. The van der Waals surface area contributed by atoms with E-state index in [1.807, 2.05) is 18.2 Å². The highest BCUT2D eigenvalue weighted by molar-refractivity contribution is 7.99. The van der Waals surface area contributed by atoms with Gasteiger partial charge in [0.2, 0.25) is 0 Å². The summed E-state index contributed by atoms with van der Waals surface area (Å²) in [7, 11) is 0. The van der Waals surface area contributed by atoms with Gasteiger partial charge in [-0.3, -0.25) is 4.79 Å². The van der Waals surface area contributed by atoms with Crippen molar-refractivity contribution in [2.24, 2.45) is 0 Å². The Morgan fingerprint density at radius 1 is 1.21 bits per heavy atom. The average Bonchev–Trinajstić information content (AvgIpc) is 3.18. The summed E-state index contributed by atoms with van der Waals surface area (Å²) in [5.41, 5.74) is 0.523. The Bertz CT molecular complexity index is 836. The van der Waals surface area contributed by atoms with Gasteiger partial charge < -0.3 is 5.32 Å². The number of carbonyl (C=O) groups excluding carboxylic acids is 1. The monoisotopic (exact) mass is 359 g/mol. The van der Waals surface area contributed by atoms with E-state index >= 15 is 0 Å². The van der Waals surface area contributed by atoms with E-state index in [9.17, 15) is 4.79 Å². The predicted octanol–water partition coefficient (Wildman–Crippen LogP) is 3.84. The molecule has 1 amide bonds. The number of anilines is 1. The fraction of sp³-hybridized carbons (Fsp3) is 0.250. The van der Waals surface area contributed by atoms with Gasteiger partial charge in [0.05, 0.1) is 6.20 Å². The molecule has 6 nitrogen and oxygen atoms in total. The number of rotatable bonds is 4. The number of amides is 1. The number of nitrogens with zero attached hydrogens (tertiary/aromatic N) is 4. The van der Waals surface area contributed by atoms with Gasteiger partial charge in [-0.2, -0.15) is 4.09 Å². The van der Waals surface area contributed by atoms with Crippen molar-refractivity contribution in [3.8, 4) is 0 Å². The molecule has 124 valence electrons. The summed E-state index contributed by atoms with van der Waals surface area (Å²) in [5, 5.41) is 7.99. The smallest absolute Gasteiger partial charge is 0.256 e. The Morgan fingerprint density at radius 3 is 2.62 bits per heavy atom. The third-order valence-corrected chi connectivity index (χ3v) is 4.88. The van der Waals surface area contributed by atoms with Gasteiger partial charge in [-0.25, -0.2) is 9.97 Å². The molecule has 0 bridgehead atoms. The first-order chi connectivity index (χ1) is 11.4. The van der Waals surface area contributed by atoms with Crippen molar-refractivity contribution >= 4 is 34.2 Å². The molecule has 0 aliphatic rings. The van der Waals surface area contributed by atoms with Crippen LogP contribution in [0.25, 0.3) is 0 Å². The number of benzene rings is 1. The lowest BCUT2D eigenvalue weighted by Crippen LogP contribution is -2.13. The summed E-state index contributed by atoms with van der Waals surface area (Å²) < 4.78 is 2.46. The van der Waals surface area contributed by atoms with Crippen LogP contribution in [0.3, 0.4) is 0 Å². The first kappa shape index (κ1) is 16.7. The summed E-state index contributed by atoms with van der Waals surface area (Å²) in [6, 6.07) is 9.09. The SMILES string of the molecule is CC(C)(C)c1ncn(Sc2ncc(NC(=O)c3ccccc3)s2)n1. The molecule has 0 saturated heterocycles. The van der Waals surface area contributed by atoms with E-state index in [-0.39, 0.29) is 11.3 Å². The summed E-state index contributed by atoms with van der Waals surface area (Å²) in [5.74, 6) is 0.635. The molecule has 2 heterocycles. The molecule has 0 unspecified atom stereocenters. The number of thiazole rings is 1. The van der Waals surface area contributed by atoms with Crippen LogP contribution in [0.4, 0.5) is 5.00 Å². The van der Waals surface area contributed by atoms with Crippen molar-refractivity contribution in [3.63, 3.8) is 0 Å². The first-order valence-corrected chi connectivity index (χ1v) is 8.93. The third-order valence-electron chi connectivity index (χ3n) is 3.07. The Morgan fingerprint density at radius 2 is 1.96 bits per heavy atom. The summed E-state index contributed by atoms with van der Waals surface area (Å²) in [6.45, 7) is 6.20. The normalized spacial score (nSPS) is 11.5. The molecular formula is C16H17N5OS2. The number of nitrogens with one attached hydrogen (secondary N) is 1. The van der Waals surface area contributed by atoms with Gasteiger partial charge in [0.1, 0.15) is 11.3 Å². The quantitative estimate of drug-likeness (QED) is 0.766. The van der Waals surface area contributed by atoms with Gasteiger partial charge in [0.25, 0.3) is 5.91 Å². The molecule has 0 atom stereocenters. The minimum atomic E-state index is -0.147. The predicted molar refractivity (Wildman–Crippen MR) is 96.5 cm³/mol. The lowest BCUT2D eigenvalue weighted by molar-refractivity contribution is 0.102. The van der Waals surface area contributed by atoms with Crippen LogP contribution in [0.2, 0.25) is 0 Å². The van der Waals surface area contributed by atoms with E-state index in [2.05, 4.69) is 41.2 Å². The van der Waals surface area contributed by atoms with Crippen LogP contribution in [0, 0.1) is 0 Å². The second kappa shape index (κ2) is 6.74. The molecule has 3 rings (SSSR count).